The van der Waals surface area contributed by atoms with Crippen molar-refractivity contribution >= 4 is 39.1 Å². The van der Waals surface area contributed by atoms with E-state index in [0.717, 1.165) is 15.6 Å². The van der Waals surface area contributed by atoms with Gasteiger partial charge < -0.3 is 10.1 Å². The second-order valence-electron chi connectivity index (χ2n) is 6.08. The highest BCUT2D eigenvalue weighted by molar-refractivity contribution is 7.20. The first kappa shape index (κ1) is 18.8. The summed E-state index contributed by atoms with van der Waals surface area (Å²) in [5, 5.41) is 3.71. The molecule has 1 amide bonds. The zero-order valence-electron chi connectivity index (χ0n) is 14.9. The molecule has 0 atom stereocenters. The van der Waals surface area contributed by atoms with E-state index in [0.29, 0.717) is 23.4 Å². The first-order valence-electron chi connectivity index (χ1n) is 8.55. The lowest BCUT2D eigenvalue weighted by molar-refractivity contribution is -0.118. The van der Waals surface area contributed by atoms with Crippen molar-refractivity contribution in [3.63, 3.8) is 0 Å². The molecule has 0 saturated carbocycles. The summed E-state index contributed by atoms with van der Waals surface area (Å²) in [5.41, 5.74) is 1.50. The second-order valence-corrected chi connectivity index (χ2v) is 7.16. The Labute approximate surface area is 161 Å². The van der Waals surface area contributed by atoms with Gasteiger partial charge in [-0.05, 0) is 29.5 Å². The highest BCUT2D eigenvalue weighted by atomic mass is 32.1. The fourth-order valence-corrected chi connectivity index (χ4v) is 3.56. The number of Topliss-reactive ketones (excluding diaryl/α,β-unsaturated/α-hetero) is 1. The van der Waals surface area contributed by atoms with Gasteiger partial charge in [0.2, 0.25) is 5.91 Å². The molecule has 0 aliphatic heterocycles. The summed E-state index contributed by atoms with van der Waals surface area (Å²) in [6, 6.07) is 16.6. The molecule has 3 aromatic rings. The number of ether oxygens (including phenoxy) is 1. The summed E-state index contributed by atoms with van der Waals surface area (Å²) in [7, 11) is 0. The summed E-state index contributed by atoms with van der Waals surface area (Å²) < 4.78 is 6.17. The Hall–Kier alpha value is -2.99. The summed E-state index contributed by atoms with van der Waals surface area (Å²) in [6.07, 6.45) is 0.689. The minimum Gasteiger partial charge on any atom is -0.453 e. The third-order valence-electron chi connectivity index (χ3n) is 4.02. The number of amides is 1. The maximum absolute atomic E-state index is 12.2. The van der Waals surface area contributed by atoms with Gasteiger partial charge in [-0.3, -0.25) is 9.59 Å². The highest BCUT2D eigenvalue weighted by Gasteiger charge is 2.14. The van der Waals surface area contributed by atoms with Gasteiger partial charge in [-0.25, -0.2) is 4.79 Å². The number of thiophene rings is 1. The third kappa shape index (κ3) is 5.01. The Morgan fingerprint density at radius 1 is 1.04 bits per heavy atom. The van der Waals surface area contributed by atoms with Gasteiger partial charge in [-0.2, -0.15) is 0 Å². The smallest absolute Gasteiger partial charge is 0.348 e. The number of hydrogen-bond donors (Lipinski definition) is 1. The Bertz CT molecular complexity index is 942. The van der Waals surface area contributed by atoms with Crippen LogP contribution in [0.5, 0.6) is 0 Å². The van der Waals surface area contributed by atoms with Crippen molar-refractivity contribution in [2.24, 2.45) is 0 Å². The van der Waals surface area contributed by atoms with E-state index in [4.69, 9.17) is 4.74 Å². The molecule has 5 nitrogen and oxygen atoms in total. The largest absolute Gasteiger partial charge is 0.453 e. The minimum atomic E-state index is -0.489. The number of rotatable bonds is 7. The van der Waals surface area contributed by atoms with Crippen LogP contribution in [0.4, 0.5) is 0 Å². The van der Waals surface area contributed by atoms with Crippen LogP contribution in [0.25, 0.3) is 10.1 Å². The van der Waals surface area contributed by atoms with Crippen molar-refractivity contribution in [3.05, 3.63) is 70.6 Å². The number of benzene rings is 2. The van der Waals surface area contributed by atoms with Gasteiger partial charge in [-0.15, -0.1) is 11.3 Å². The Kier molecular flexibility index (Phi) is 5.98. The van der Waals surface area contributed by atoms with Crippen molar-refractivity contribution < 1.29 is 19.1 Å². The van der Waals surface area contributed by atoms with E-state index in [2.05, 4.69) is 5.32 Å². The van der Waals surface area contributed by atoms with Gasteiger partial charge >= 0.3 is 5.97 Å². The van der Waals surface area contributed by atoms with Gasteiger partial charge in [0, 0.05) is 23.7 Å². The van der Waals surface area contributed by atoms with Crippen molar-refractivity contribution in [1.29, 1.82) is 0 Å². The average molecular weight is 381 g/mol. The van der Waals surface area contributed by atoms with Crippen LogP contribution in [0, 0.1) is 0 Å². The third-order valence-corrected chi connectivity index (χ3v) is 5.12. The van der Waals surface area contributed by atoms with Crippen LogP contribution >= 0.6 is 11.3 Å². The quantitative estimate of drug-likeness (QED) is 0.501. The van der Waals surface area contributed by atoms with Crippen LogP contribution in [0.3, 0.4) is 0 Å². The van der Waals surface area contributed by atoms with Crippen molar-refractivity contribution in [3.8, 4) is 0 Å². The van der Waals surface area contributed by atoms with Crippen LogP contribution in [0.2, 0.25) is 0 Å². The zero-order valence-corrected chi connectivity index (χ0v) is 15.7. The fraction of sp³-hybridized carbons (Fsp3) is 0.190. The molecule has 0 aliphatic rings. The summed E-state index contributed by atoms with van der Waals surface area (Å²) in [5.74, 6) is -0.809. The van der Waals surface area contributed by atoms with E-state index in [1.54, 1.807) is 18.2 Å². The molecular formula is C21H19NO4S. The monoisotopic (exact) mass is 381 g/mol. The van der Waals surface area contributed by atoms with E-state index >= 15 is 0 Å². The Morgan fingerprint density at radius 2 is 1.78 bits per heavy atom. The number of carbonyl (C=O) groups excluding carboxylic acids is 3. The Morgan fingerprint density at radius 3 is 2.48 bits per heavy atom. The van der Waals surface area contributed by atoms with Crippen LogP contribution in [0.1, 0.15) is 32.5 Å². The molecule has 0 aliphatic carbocycles. The number of hydrogen-bond acceptors (Lipinski definition) is 5. The average Bonchev–Trinajstić information content (AvgIpc) is 3.10. The molecule has 0 radical (unpaired) electrons. The van der Waals surface area contributed by atoms with E-state index in [1.165, 1.54) is 18.3 Å². The molecule has 0 fully saturated rings. The molecular weight excluding hydrogens is 362 g/mol. The van der Waals surface area contributed by atoms with Gasteiger partial charge in [0.25, 0.3) is 0 Å². The standard InChI is InChI=1S/C21H19NO4S/c1-14(23)22-11-10-15-6-8-16(9-7-15)18(24)13-26-21(25)20-12-17-4-2-3-5-19(17)27-20/h2-9,12H,10-11,13H2,1H3,(H,22,23). The topological polar surface area (TPSA) is 72.5 Å². The van der Waals surface area contributed by atoms with E-state index in [9.17, 15) is 14.4 Å². The predicted octanol–water partition coefficient (Wildman–Crippen LogP) is 3.62. The molecule has 1 aromatic heterocycles. The lowest BCUT2D eigenvalue weighted by Gasteiger charge is -2.05. The van der Waals surface area contributed by atoms with Gasteiger partial charge in [-0.1, -0.05) is 42.5 Å². The van der Waals surface area contributed by atoms with Crippen LogP contribution < -0.4 is 5.32 Å². The van der Waals surface area contributed by atoms with E-state index < -0.39 is 5.97 Å². The molecule has 0 unspecified atom stereocenters. The number of carbonyl (C=O) groups is 3. The van der Waals surface area contributed by atoms with Crippen LogP contribution in [0.15, 0.2) is 54.6 Å². The summed E-state index contributed by atoms with van der Waals surface area (Å²) >= 11 is 1.35. The van der Waals surface area contributed by atoms with Gasteiger partial charge in [0.1, 0.15) is 4.88 Å². The molecule has 1 heterocycles. The first-order valence-corrected chi connectivity index (χ1v) is 9.37. The predicted molar refractivity (Wildman–Crippen MR) is 105 cm³/mol. The van der Waals surface area contributed by atoms with Gasteiger partial charge in [0.05, 0.1) is 0 Å². The molecule has 27 heavy (non-hydrogen) atoms. The molecule has 0 spiro atoms. The van der Waals surface area contributed by atoms with Crippen LogP contribution in [-0.4, -0.2) is 30.8 Å². The number of nitrogens with one attached hydrogen (secondary N) is 1. The second kappa shape index (κ2) is 8.60. The molecule has 0 saturated heterocycles. The molecule has 0 bridgehead atoms. The molecule has 138 valence electrons. The van der Waals surface area contributed by atoms with Gasteiger partial charge in [0.15, 0.2) is 12.4 Å². The SMILES string of the molecule is CC(=O)NCCc1ccc(C(=O)COC(=O)c2cc3ccccc3s2)cc1. The highest BCUT2D eigenvalue weighted by Crippen LogP contribution is 2.25. The summed E-state index contributed by atoms with van der Waals surface area (Å²) in [4.78, 5) is 35.8. The minimum absolute atomic E-state index is 0.0674. The number of fused-ring (bicyclic) bond motifs is 1. The summed E-state index contributed by atoms with van der Waals surface area (Å²) in [6.45, 7) is 1.73. The molecule has 3 rings (SSSR count). The lowest BCUT2D eigenvalue weighted by atomic mass is 10.1. The maximum atomic E-state index is 12.2. The number of ketones is 1. The van der Waals surface area contributed by atoms with E-state index in [-0.39, 0.29) is 18.3 Å². The lowest BCUT2D eigenvalue weighted by Crippen LogP contribution is -2.22. The maximum Gasteiger partial charge on any atom is 0.348 e. The normalized spacial score (nSPS) is 10.6. The van der Waals surface area contributed by atoms with Crippen molar-refractivity contribution in [2.75, 3.05) is 13.2 Å². The molecule has 2 aromatic carbocycles. The van der Waals surface area contributed by atoms with E-state index in [1.807, 2.05) is 36.4 Å². The van der Waals surface area contributed by atoms with Crippen LogP contribution in [-0.2, 0) is 16.0 Å². The van der Waals surface area contributed by atoms with Crippen molar-refractivity contribution in [2.45, 2.75) is 13.3 Å². The Balaban J connectivity index is 1.53. The number of esters is 1. The molecule has 1 N–H and O–H groups in total. The first-order chi connectivity index (χ1) is 13.0. The zero-order chi connectivity index (χ0) is 19.2. The molecule has 6 heteroatoms. The fourth-order valence-electron chi connectivity index (χ4n) is 2.61. The van der Waals surface area contributed by atoms with Crippen molar-refractivity contribution in [1.82, 2.24) is 5.32 Å².